The number of methoxy groups -OCH3 is 1. The maximum absolute atomic E-state index is 12.2. The highest BCUT2D eigenvalue weighted by atomic mass is 35.5. The molecule has 0 radical (unpaired) electrons. The number of para-hydroxylation sites is 2. The van der Waals surface area contributed by atoms with Crippen LogP contribution in [-0.4, -0.2) is 31.2 Å². The minimum Gasteiger partial charge on any atom is -0.493 e. The maximum atomic E-state index is 12.2. The van der Waals surface area contributed by atoms with Gasteiger partial charge in [0.2, 0.25) is 0 Å². The Morgan fingerprint density at radius 3 is 2.62 bits per heavy atom. The summed E-state index contributed by atoms with van der Waals surface area (Å²) in [5, 5.41) is 5.98. The van der Waals surface area contributed by atoms with E-state index in [4.69, 9.17) is 21.1 Å². The molecule has 1 amide bonds. The molecule has 1 aromatic heterocycles. The van der Waals surface area contributed by atoms with Gasteiger partial charge in [-0.1, -0.05) is 35.9 Å². The molecular formula is C19H17ClN2O3S. The average Bonchev–Trinajstić information content (AvgIpc) is 3.16. The largest absolute Gasteiger partial charge is 0.493 e. The SMILES string of the molecule is COc1ccccc1OCCNC(=O)c1csc(-c2ccc(Cl)cc2)n1. The number of hydrogen-bond donors (Lipinski definition) is 1. The van der Waals surface area contributed by atoms with E-state index in [9.17, 15) is 4.79 Å². The van der Waals surface area contributed by atoms with E-state index in [2.05, 4.69) is 10.3 Å². The molecule has 134 valence electrons. The molecule has 5 nitrogen and oxygen atoms in total. The van der Waals surface area contributed by atoms with Crippen molar-refractivity contribution in [2.24, 2.45) is 0 Å². The van der Waals surface area contributed by atoms with Gasteiger partial charge in [-0.15, -0.1) is 11.3 Å². The molecule has 0 fully saturated rings. The molecule has 0 bridgehead atoms. The second-order valence-electron chi connectivity index (χ2n) is 5.30. The molecule has 0 aliphatic rings. The van der Waals surface area contributed by atoms with Gasteiger partial charge < -0.3 is 14.8 Å². The Labute approximate surface area is 160 Å². The van der Waals surface area contributed by atoms with Gasteiger partial charge in [-0.05, 0) is 24.3 Å². The molecule has 1 N–H and O–H groups in total. The van der Waals surface area contributed by atoms with Crippen molar-refractivity contribution in [1.29, 1.82) is 0 Å². The van der Waals surface area contributed by atoms with E-state index in [1.165, 1.54) is 11.3 Å². The Morgan fingerprint density at radius 1 is 1.15 bits per heavy atom. The van der Waals surface area contributed by atoms with Crippen molar-refractivity contribution in [3.8, 4) is 22.1 Å². The van der Waals surface area contributed by atoms with Gasteiger partial charge in [-0.2, -0.15) is 0 Å². The summed E-state index contributed by atoms with van der Waals surface area (Å²) in [7, 11) is 1.59. The van der Waals surface area contributed by atoms with Crippen LogP contribution in [0.4, 0.5) is 0 Å². The minimum atomic E-state index is -0.231. The fourth-order valence-electron chi connectivity index (χ4n) is 2.26. The van der Waals surface area contributed by atoms with Crippen molar-refractivity contribution >= 4 is 28.8 Å². The van der Waals surface area contributed by atoms with Gasteiger partial charge in [0.25, 0.3) is 5.91 Å². The zero-order valence-corrected chi connectivity index (χ0v) is 15.6. The van der Waals surface area contributed by atoms with Gasteiger partial charge in [0.05, 0.1) is 13.7 Å². The molecule has 2 aromatic carbocycles. The van der Waals surface area contributed by atoms with Gasteiger partial charge in [-0.25, -0.2) is 4.98 Å². The van der Waals surface area contributed by atoms with Crippen LogP contribution in [0.25, 0.3) is 10.6 Å². The molecule has 7 heteroatoms. The first-order valence-corrected chi connectivity index (χ1v) is 9.18. The number of thiazole rings is 1. The number of halogens is 1. The van der Waals surface area contributed by atoms with Crippen molar-refractivity contribution in [3.05, 3.63) is 64.6 Å². The van der Waals surface area contributed by atoms with Gasteiger partial charge in [-0.3, -0.25) is 4.79 Å². The number of rotatable bonds is 7. The minimum absolute atomic E-state index is 0.231. The van der Waals surface area contributed by atoms with Crippen molar-refractivity contribution in [3.63, 3.8) is 0 Å². The first kappa shape index (κ1) is 18.2. The van der Waals surface area contributed by atoms with Gasteiger partial charge in [0.1, 0.15) is 17.3 Å². The monoisotopic (exact) mass is 388 g/mol. The number of carbonyl (C=O) groups is 1. The zero-order valence-electron chi connectivity index (χ0n) is 14.1. The molecule has 1 heterocycles. The number of hydrogen-bond acceptors (Lipinski definition) is 5. The highest BCUT2D eigenvalue weighted by molar-refractivity contribution is 7.13. The Balaban J connectivity index is 1.52. The van der Waals surface area contributed by atoms with Crippen LogP contribution in [0.15, 0.2) is 53.9 Å². The number of nitrogens with one attached hydrogen (secondary N) is 1. The summed E-state index contributed by atoms with van der Waals surface area (Å²) in [5.41, 5.74) is 1.31. The summed E-state index contributed by atoms with van der Waals surface area (Å²) in [4.78, 5) is 16.6. The number of benzene rings is 2. The summed E-state index contributed by atoms with van der Waals surface area (Å²) in [5.74, 6) is 1.07. The summed E-state index contributed by atoms with van der Waals surface area (Å²) < 4.78 is 10.8. The maximum Gasteiger partial charge on any atom is 0.270 e. The lowest BCUT2D eigenvalue weighted by molar-refractivity contribution is 0.0942. The molecule has 0 aliphatic heterocycles. The number of ether oxygens (including phenoxy) is 2. The lowest BCUT2D eigenvalue weighted by Crippen LogP contribution is -2.28. The second kappa shape index (κ2) is 8.69. The van der Waals surface area contributed by atoms with Crippen LogP contribution in [-0.2, 0) is 0 Å². The van der Waals surface area contributed by atoms with E-state index < -0.39 is 0 Å². The van der Waals surface area contributed by atoms with Crippen LogP contribution < -0.4 is 14.8 Å². The predicted octanol–water partition coefficient (Wildman–Crippen LogP) is 4.28. The molecule has 3 rings (SSSR count). The van der Waals surface area contributed by atoms with E-state index in [0.29, 0.717) is 35.4 Å². The molecule has 3 aromatic rings. The lowest BCUT2D eigenvalue weighted by Gasteiger charge is -2.10. The Bertz CT molecular complexity index is 881. The molecule has 0 spiro atoms. The number of nitrogens with zero attached hydrogens (tertiary/aromatic N) is 1. The Kier molecular flexibility index (Phi) is 6.09. The van der Waals surface area contributed by atoms with Crippen molar-refractivity contribution in [1.82, 2.24) is 10.3 Å². The lowest BCUT2D eigenvalue weighted by atomic mass is 10.2. The number of amides is 1. The van der Waals surface area contributed by atoms with E-state index in [1.54, 1.807) is 24.6 Å². The summed E-state index contributed by atoms with van der Waals surface area (Å²) in [6.45, 7) is 0.699. The van der Waals surface area contributed by atoms with Crippen LogP contribution in [0.1, 0.15) is 10.5 Å². The van der Waals surface area contributed by atoms with Gasteiger partial charge >= 0.3 is 0 Å². The highest BCUT2D eigenvalue weighted by Gasteiger charge is 2.11. The standard InChI is InChI=1S/C19H17ClN2O3S/c1-24-16-4-2-3-5-17(16)25-11-10-21-18(23)15-12-26-19(22-15)13-6-8-14(20)9-7-13/h2-9,12H,10-11H2,1H3,(H,21,23). The summed E-state index contributed by atoms with van der Waals surface area (Å²) in [6, 6.07) is 14.7. The van der Waals surface area contributed by atoms with E-state index in [1.807, 2.05) is 36.4 Å². The summed E-state index contributed by atoms with van der Waals surface area (Å²) >= 11 is 7.30. The molecule has 26 heavy (non-hydrogen) atoms. The molecule has 0 aliphatic carbocycles. The van der Waals surface area contributed by atoms with E-state index in [0.717, 1.165) is 10.6 Å². The van der Waals surface area contributed by atoms with Crippen molar-refractivity contribution in [2.75, 3.05) is 20.3 Å². The first-order chi connectivity index (χ1) is 12.7. The molecule has 0 unspecified atom stereocenters. The van der Waals surface area contributed by atoms with Crippen LogP contribution in [0.3, 0.4) is 0 Å². The van der Waals surface area contributed by atoms with E-state index >= 15 is 0 Å². The fourth-order valence-corrected chi connectivity index (χ4v) is 3.19. The van der Waals surface area contributed by atoms with E-state index in [-0.39, 0.29) is 5.91 Å². The number of aromatic nitrogens is 1. The highest BCUT2D eigenvalue weighted by Crippen LogP contribution is 2.26. The second-order valence-corrected chi connectivity index (χ2v) is 6.59. The zero-order chi connectivity index (χ0) is 18.4. The molecular weight excluding hydrogens is 372 g/mol. The molecule has 0 atom stereocenters. The molecule has 0 saturated carbocycles. The average molecular weight is 389 g/mol. The summed E-state index contributed by atoms with van der Waals surface area (Å²) in [6.07, 6.45) is 0. The van der Waals surface area contributed by atoms with Crippen molar-refractivity contribution < 1.29 is 14.3 Å². The van der Waals surface area contributed by atoms with Gasteiger partial charge in [0.15, 0.2) is 11.5 Å². The normalized spacial score (nSPS) is 10.4. The topological polar surface area (TPSA) is 60.5 Å². The third-order valence-corrected chi connectivity index (χ3v) is 4.69. The third-order valence-electron chi connectivity index (χ3n) is 3.54. The smallest absolute Gasteiger partial charge is 0.270 e. The number of carbonyl (C=O) groups excluding carboxylic acids is 1. The molecule has 0 saturated heterocycles. The van der Waals surface area contributed by atoms with Crippen LogP contribution in [0.5, 0.6) is 11.5 Å². The quantitative estimate of drug-likeness (QED) is 0.613. The Hall–Kier alpha value is -2.57. The van der Waals surface area contributed by atoms with Crippen LogP contribution in [0, 0.1) is 0 Å². The predicted molar refractivity (Wildman–Crippen MR) is 103 cm³/mol. The van der Waals surface area contributed by atoms with Gasteiger partial charge in [0, 0.05) is 16.0 Å². The van der Waals surface area contributed by atoms with Crippen LogP contribution in [0.2, 0.25) is 5.02 Å². The third kappa shape index (κ3) is 4.53. The van der Waals surface area contributed by atoms with Crippen molar-refractivity contribution in [2.45, 2.75) is 0 Å². The Morgan fingerprint density at radius 2 is 1.88 bits per heavy atom. The van der Waals surface area contributed by atoms with Crippen LogP contribution >= 0.6 is 22.9 Å². The fraction of sp³-hybridized carbons (Fsp3) is 0.158. The first-order valence-electron chi connectivity index (χ1n) is 7.93.